The molecule has 3 heteroatoms. The van der Waals surface area contributed by atoms with E-state index in [-0.39, 0.29) is 0 Å². The Balaban J connectivity index is 1.69. The fourth-order valence-electron chi connectivity index (χ4n) is 1.96. The van der Waals surface area contributed by atoms with E-state index in [1.54, 1.807) is 0 Å². The molecule has 78 valence electrons. The van der Waals surface area contributed by atoms with Gasteiger partial charge in [-0.1, -0.05) is 11.8 Å². The molecular weight excluding hydrogens is 174 g/mol. The molecule has 0 radical (unpaired) electrons. The molecule has 1 unspecified atom stereocenters. The van der Waals surface area contributed by atoms with Gasteiger partial charge in [-0.25, -0.2) is 0 Å². The highest BCUT2D eigenvalue weighted by molar-refractivity contribution is 5.10. The quantitative estimate of drug-likeness (QED) is 0.557. The second-order valence-corrected chi connectivity index (χ2v) is 4.00. The van der Waals surface area contributed by atoms with Crippen molar-refractivity contribution in [2.75, 3.05) is 39.3 Å². The monoisotopic (exact) mass is 193 g/mol. The zero-order valence-electron chi connectivity index (χ0n) is 8.68. The van der Waals surface area contributed by atoms with Crippen LogP contribution in [0.2, 0.25) is 0 Å². The summed E-state index contributed by atoms with van der Waals surface area (Å²) in [6.45, 7) is 6.61. The van der Waals surface area contributed by atoms with E-state index in [0.717, 1.165) is 39.3 Å². The molecule has 2 aliphatic rings. The molecule has 2 fully saturated rings. The molecule has 0 bridgehead atoms. The molecule has 0 aromatic heterocycles. The van der Waals surface area contributed by atoms with Crippen LogP contribution in [0.15, 0.2) is 0 Å². The molecule has 14 heavy (non-hydrogen) atoms. The zero-order chi connectivity index (χ0) is 9.64. The molecule has 2 rings (SSSR count). The predicted molar refractivity (Wildman–Crippen MR) is 58.1 cm³/mol. The topological polar surface area (TPSA) is 27.3 Å². The molecule has 2 N–H and O–H groups in total. The summed E-state index contributed by atoms with van der Waals surface area (Å²) in [5.41, 5.74) is 0. The third kappa shape index (κ3) is 2.98. The third-order valence-electron chi connectivity index (χ3n) is 2.85. The van der Waals surface area contributed by atoms with Crippen LogP contribution in [0.4, 0.5) is 0 Å². The van der Waals surface area contributed by atoms with Crippen molar-refractivity contribution in [1.82, 2.24) is 15.5 Å². The van der Waals surface area contributed by atoms with Crippen LogP contribution in [-0.4, -0.2) is 50.2 Å². The first-order valence-corrected chi connectivity index (χ1v) is 5.60. The molecule has 2 saturated heterocycles. The molecule has 0 saturated carbocycles. The Hall–Kier alpha value is -0.560. The Morgan fingerprint density at radius 1 is 1.21 bits per heavy atom. The Morgan fingerprint density at radius 2 is 2.07 bits per heavy atom. The first-order valence-electron chi connectivity index (χ1n) is 5.60. The smallest absolute Gasteiger partial charge is 0.0690 e. The molecule has 3 nitrogen and oxygen atoms in total. The SMILES string of the molecule is C(#CC1CCCN1)CN1CCNCC1. The van der Waals surface area contributed by atoms with Gasteiger partial charge in [0.2, 0.25) is 0 Å². The van der Waals surface area contributed by atoms with Crippen LogP contribution in [0, 0.1) is 11.8 Å². The Kier molecular flexibility index (Phi) is 3.81. The summed E-state index contributed by atoms with van der Waals surface area (Å²) in [4.78, 5) is 2.42. The molecule has 2 aliphatic heterocycles. The average molecular weight is 193 g/mol. The molecular formula is C11H19N3. The summed E-state index contributed by atoms with van der Waals surface area (Å²) in [5.74, 6) is 6.59. The zero-order valence-corrected chi connectivity index (χ0v) is 8.68. The average Bonchev–Trinajstić information content (AvgIpc) is 2.72. The lowest BCUT2D eigenvalue weighted by molar-refractivity contribution is 0.268. The maximum Gasteiger partial charge on any atom is 0.0690 e. The minimum Gasteiger partial charge on any atom is -0.314 e. The highest BCUT2D eigenvalue weighted by Gasteiger charge is 2.10. The number of nitrogens with zero attached hydrogens (tertiary/aromatic N) is 1. The fourth-order valence-corrected chi connectivity index (χ4v) is 1.96. The van der Waals surface area contributed by atoms with Crippen molar-refractivity contribution >= 4 is 0 Å². The number of hydrogen-bond acceptors (Lipinski definition) is 3. The molecule has 0 amide bonds. The van der Waals surface area contributed by atoms with E-state index < -0.39 is 0 Å². The van der Waals surface area contributed by atoms with Crippen LogP contribution in [0.3, 0.4) is 0 Å². The van der Waals surface area contributed by atoms with Crippen molar-refractivity contribution in [2.45, 2.75) is 18.9 Å². The number of hydrogen-bond donors (Lipinski definition) is 2. The van der Waals surface area contributed by atoms with Gasteiger partial charge in [-0.05, 0) is 19.4 Å². The summed E-state index contributed by atoms with van der Waals surface area (Å²) >= 11 is 0. The summed E-state index contributed by atoms with van der Waals surface area (Å²) in [5, 5.41) is 6.73. The van der Waals surface area contributed by atoms with Gasteiger partial charge in [-0.3, -0.25) is 4.90 Å². The minimum absolute atomic E-state index is 0.470. The van der Waals surface area contributed by atoms with Gasteiger partial charge in [0.15, 0.2) is 0 Å². The lowest BCUT2D eigenvalue weighted by Crippen LogP contribution is -2.43. The largest absolute Gasteiger partial charge is 0.314 e. The Labute approximate surface area is 86.2 Å². The standard InChI is InChI=1S/C11H19N3/c1-3-11(13-5-1)4-2-8-14-9-6-12-7-10-14/h11-13H,1,3,5-10H2. The predicted octanol–water partition coefficient (Wildman–Crippen LogP) is -0.353. The van der Waals surface area contributed by atoms with Crippen LogP contribution in [0.5, 0.6) is 0 Å². The fraction of sp³-hybridized carbons (Fsp3) is 0.818. The molecule has 0 aromatic rings. The molecule has 2 heterocycles. The lowest BCUT2D eigenvalue weighted by atomic mass is 10.2. The van der Waals surface area contributed by atoms with Gasteiger partial charge in [0.05, 0.1) is 12.6 Å². The third-order valence-corrected chi connectivity index (χ3v) is 2.85. The highest BCUT2D eigenvalue weighted by Crippen LogP contribution is 2.02. The maximum absolute atomic E-state index is 3.39. The van der Waals surface area contributed by atoms with E-state index in [4.69, 9.17) is 0 Å². The van der Waals surface area contributed by atoms with Crippen molar-refractivity contribution in [3.8, 4) is 11.8 Å². The lowest BCUT2D eigenvalue weighted by Gasteiger charge is -2.24. The van der Waals surface area contributed by atoms with Gasteiger partial charge >= 0.3 is 0 Å². The van der Waals surface area contributed by atoms with Crippen LogP contribution < -0.4 is 10.6 Å². The summed E-state index contributed by atoms with van der Waals surface area (Å²) in [6, 6.07) is 0.470. The van der Waals surface area contributed by atoms with Gasteiger partial charge in [-0.15, -0.1) is 0 Å². The van der Waals surface area contributed by atoms with Gasteiger partial charge in [0.1, 0.15) is 0 Å². The Morgan fingerprint density at radius 3 is 2.79 bits per heavy atom. The normalized spacial score (nSPS) is 28.4. The van der Waals surface area contributed by atoms with E-state index in [9.17, 15) is 0 Å². The van der Waals surface area contributed by atoms with Crippen molar-refractivity contribution in [2.24, 2.45) is 0 Å². The van der Waals surface area contributed by atoms with Crippen molar-refractivity contribution in [1.29, 1.82) is 0 Å². The van der Waals surface area contributed by atoms with Crippen LogP contribution in [0.1, 0.15) is 12.8 Å². The van der Waals surface area contributed by atoms with Crippen molar-refractivity contribution in [3.05, 3.63) is 0 Å². The van der Waals surface area contributed by atoms with Gasteiger partial charge in [-0.2, -0.15) is 0 Å². The number of piperazine rings is 1. The van der Waals surface area contributed by atoms with E-state index in [1.165, 1.54) is 12.8 Å². The number of rotatable bonds is 1. The molecule has 0 aromatic carbocycles. The van der Waals surface area contributed by atoms with Gasteiger partial charge < -0.3 is 10.6 Å². The second-order valence-electron chi connectivity index (χ2n) is 4.00. The minimum atomic E-state index is 0.470. The van der Waals surface area contributed by atoms with Gasteiger partial charge in [0, 0.05) is 26.2 Å². The summed E-state index contributed by atoms with van der Waals surface area (Å²) in [6.07, 6.45) is 2.52. The van der Waals surface area contributed by atoms with E-state index in [1.807, 2.05) is 0 Å². The van der Waals surface area contributed by atoms with Crippen molar-refractivity contribution in [3.63, 3.8) is 0 Å². The first-order chi connectivity index (χ1) is 6.95. The Bertz CT molecular complexity index is 216. The second kappa shape index (κ2) is 5.35. The van der Waals surface area contributed by atoms with E-state index in [2.05, 4.69) is 27.4 Å². The van der Waals surface area contributed by atoms with Gasteiger partial charge in [0.25, 0.3) is 0 Å². The maximum atomic E-state index is 3.39. The molecule has 1 atom stereocenters. The van der Waals surface area contributed by atoms with Crippen LogP contribution >= 0.6 is 0 Å². The van der Waals surface area contributed by atoms with E-state index in [0.29, 0.717) is 6.04 Å². The van der Waals surface area contributed by atoms with Crippen molar-refractivity contribution < 1.29 is 0 Å². The number of nitrogens with one attached hydrogen (secondary N) is 2. The van der Waals surface area contributed by atoms with Crippen LogP contribution in [0.25, 0.3) is 0 Å². The van der Waals surface area contributed by atoms with E-state index >= 15 is 0 Å². The first kappa shape index (κ1) is 9.97. The van der Waals surface area contributed by atoms with Crippen LogP contribution in [-0.2, 0) is 0 Å². The summed E-state index contributed by atoms with van der Waals surface area (Å²) < 4.78 is 0. The highest BCUT2D eigenvalue weighted by atomic mass is 15.2. The molecule has 0 aliphatic carbocycles. The summed E-state index contributed by atoms with van der Waals surface area (Å²) in [7, 11) is 0. The molecule has 0 spiro atoms.